The van der Waals surface area contributed by atoms with Gasteiger partial charge in [-0.3, -0.25) is 24.5 Å². The second-order valence-corrected chi connectivity index (χ2v) is 7.65. The largest absolute Gasteiger partial charge is 0.340 e. The van der Waals surface area contributed by atoms with Crippen molar-refractivity contribution in [1.82, 2.24) is 15.3 Å². The van der Waals surface area contributed by atoms with Crippen LogP contribution in [0.1, 0.15) is 34.0 Å². The number of rotatable bonds is 7. The second-order valence-electron chi connectivity index (χ2n) is 7.65. The molecule has 0 aromatic heterocycles. The summed E-state index contributed by atoms with van der Waals surface area (Å²) in [6, 6.07) is 14.9. The number of hydrogen-bond acceptors (Lipinski definition) is 5. The zero-order valence-electron chi connectivity index (χ0n) is 18.0. The van der Waals surface area contributed by atoms with Crippen molar-refractivity contribution >= 4 is 29.7 Å². The molecule has 0 bridgehead atoms. The average Bonchev–Trinajstić information content (AvgIpc) is 2.82. The predicted molar refractivity (Wildman–Crippen MR) is 123 cm³/mol. The van der Waals surface area contributed by atoms with E-state index in [-0.39, 0.29) is 11.7 Å². The van der Waals surface area contributed by atoms with Crippen molar-refractivity contribution in [1.29, 1.82) is 0 Å². The van der Waals surface area contributed by atoms with Gasteiger partial charge in [0.2, 0.25) is 5.91 Å². The molecule has 0 radical (unpaired) electrons. The Kier molecular flexibility index (Phi) is 8.08. The summed E-state index contributed by atoms with van der Waals surface area (Å²) in [5.41, 5.74) is 4.96. The fraction of sp³-hybridized carbons (Fsp3) is 0.240. The van der Waals surface area contributed by atoms with Crippen molar-refractivity contribution in [3.05, 3.63) is 82.9 Å². The Morgan fingerprint density at radius 3 is 1.97 bits per heavy atom. The molecule has 1 saturated heterocycles. The first-order chi connectivity index (χ1) is 15.4. The topological polar surface area (TPSA) is 90.0 Å². The van der Waals surface area contributed by atoms with Crippen LogP contribution in [0.15, 0.2) is 60.7 Å². The van der Waals surface area contributed by atoms with E-state index >= 15 is 0 Å². The molecule has 1 aliphatic heterocycles. The average molecular weight is 434 g/mol. The van der Waals surface area contributed by atoms with Gasteiger partial charge in [-0.1, -0.05) is 54.6 Å². The molecule has 1 heterocycles. The van der Waals surface area contributed by atoms with Gasteiger partial charge in [-0.15, -0.1) is 0 Å². The van der Waals surface area contributed by atoms with Gasteiger partial charge >= 0.3 is 0 Å². The Morgan fingerprint density at radius 1 is 0.875 bits per heavy atom. The summed E-state index contributed by atoms with van der Waals surface area (Å²) in [5.74, 6) is -0.545. The van der Waals surface area contributed by atoms with Crippen LogP contribution in [0.25, 0.3) is 12.2 Å². The zero-order chi connectivity index (χ0) is 22.9. The molecule has 1 fully saturated rings. The number of piperazine rings is 1. The lowest BCUT2D eigenvalue weighted by Gasteiger charge is -2.34. The number of benzene rings is 2. The molecule has 3 rings (SSSR count). The molecule has 0 spiro atoms. The summed E-state index contributed by atoms with van der Waals surface area (Å²) >= 11 is 0. The molecule has 0 saturated carbocycles. The standard InChI is InChI=1S/C25H27N3O4/c1-19(29)28-16-14-27(15-17-28)18-22-6-10-23(11-7-22)24(30)12-8-20-2-4-21(5-3-20)9-13-25(31)26-32/h2-13,32H,14-18H2,1H3,(H,26,31)/b12-8+,13-9+. The van der Waals surface area contributed by atoms with Crippen LogP contribution in [0.5, 0.6) is 0 Å². The first kappa shape index (κ1) is 23.1. The summed E-state index contributed by atoms with van der Waals surface area (Å²) in [4.78, 5) is 39.1. The van der Waals surface area contributed by atoms with Crippen LogP contribution >= 0.6 is 0 Å². The lowest BCUT2D eigenvalue weighted by atomic mass is 10.1. The van der Waals surface area contributed by atoms with E-state index in [9.17, 15) is 14.4 Å². The van der Waals surface area contributed by atoms with Gasteiger partial charge in [-0.25, -0.2) is 5.48 Å². The monoisotopic (exact) mass is 433 g/mol. The number of nitrogens with zero attached hydrogens (tertiary/aromatic N) is 2. The first-order valence-corrected chi connectivity index (χ1v) is 10.5. The maximum absolute atomic E-state index is 12.5. The van der Waals surface area contributed by atoms with E-state index < -0.39 is 5.91 Å². The van der Waals surface area contributed by atoms with Gasteiger partial charge in [0, 0.05) is 51.3 Å². The molecular formula is C25H27N3O4. The number of amides is 2. The normalized spacial score (nSPS) is 14.8. The van der Waals surface area contributed by atoms with Crippen molar-refractivity contribution < 1.29 is 19.6 Å². The first-order valence-electron chi connectivity index (χ1n) is 10.5. The van der Waals surface area contributed by atoms with E-state index in [1.165, 1.54) is 11.6 Å². The highest BCUT2D eigenvalue weighted by molar-refractivity contribution is 6.06. The Labute approximate surface area is 187 Å². The molecule has 2 aromatic rings. The predicted octanol–water partition coefficient (Wildman–Crippen LogP) is 2.77. The number of nitrogens with one attached hydrogen (secondary N) is 1. The fourth-order valence-corrected chi connectivity index (χ4v) is 3.45. The quantitative estimate of drug-likeness (QED) is 0.303. The molecule has 2 amide bonds. The van der Waals surface area contributed by atoms with Crippen molar-refractivity contribution in [2.45, 2.75) is 13.5 Å². The molecule has 0 unspecified atom stereocenters. The molecule has 32 heavy (non-hydrogen) atoms. The highest BCUT2D eigenvalue weighted by Gasteiger charge is 2.18. The molecule has 166 valence electrons. The minimum atomic E-state index is -0.596. The number of carbonyl (C=O) groups excluding carboxylic acids is 3. The molecule has 1 aliphatic rings. The Balaban J connectivity index is 1.52. The van der Waals surface area contributed by atoms with Crippen molar-refractivity contribution in [2.75, 3.05) is 26.2 Å². The summed E-state index contributed by atoms with van der Waals surface area (Å²) in [5, 5.41) is 8.48. The van der Waals surface area contributed by atoms with Gasteiger partial charge < -0.3 is 4.90 Å². The number of hydrogen-bond donors (Lipinski definition) is 2. The van der Waals surface area contributed by atoms with Crippen LogP contribution in [0.4, 0.5) is 0 Å². The van der Waals surface area contributed by atoms with Crippen LogP contribution in [-0.2, 0) is 16.1 Å². The molecule has 0 atom stereocenters. The third-order valence-electron chi connectivity index (χ3n) is 5.36. The van der Waals surface area contributed by atoms with Crippen LogP contribution in [-0.4, -0.2) is 58.8 Å². The second kappa shape index (κ2) is 11.2. The van der Waals surface area contributed by atoms with Gasteiger partial charge in [-0.05, 0) is 28.8 Å². The van der Waals surface area contributed by atoms with Crippen LogP contribution in [0.2, 0.25) is 0 Å². The Bertz CT molecular complexity index is 1000. The van der Waals surface area contributed by atoms with E-state index in [4.69, 9.17) is 5.21 Å². The van der Waals surface area contributed by atoms with Crippen molar-refractivity contribution in [3.8, 4) is 0 Å². The van der Waals surface area contributed by atoms with Gasteiger partial charge in [0.1, 0.15) is 0 Å². The highest BCUT2D eigenvalue weighted by atomic mass is 16.5. The minimum Gasteiger partial charge on any atom is -0.340 e. The smallest absolute Gasteiger partial charge is 0.267 e. The van der Waals surface area contributed by atoms with Crippen molar-refractivity contribution in [2.24, 2.45) is 0 Å². The molecule has 2 aromatic carbocycles. The summed E-state index contributed by atoms with van der Waals surface area (Å²) < 4.78 is 0. The maximum atomic E-state index is 12.5. The van der Waals surface area contributed by atoms with Crippen molar-refractivity contribution in [3.63, 3.8) is 0 Å². The number of ketones is 1. The minimum absolute atomic E-state index is 0.0739. The fourth-order valence-electron chi connectivity index (χ4n) is 3.45. The van der Waals surface area contributed by atoms with Crippen LogP contribution in [0, 0.1) is 0 Å². The number of hydroxylamine groups is 1. The molecule has 7 nitrogen and oxygen atoms in total. The lowest BCUT2D eigenvalue weighted by molar-refractivity contribution is -0.130. The summed E-state index contributed by atoms with van der Waals surface area (Å²) in [7, 11) is 0. The summed E-state index contributed by atoms with van der Waals surface area (Å²) in [6.07, 6.45) is 6.10. The SMILES string of the molecule is CC(=O)N1CCN(Cc2ccc(C(=O)/C=C/c3ccc(/C=C/C(=O)NO)cc3)cc2)CC1. The number of carbonyl (C=O) groups is 3. The van der Waals surface area contributed by atoms with Gasteiger partial charge in [0.25, 0.3) is 5.91 Å². The highest BCUT2D eigenvalue weighted by Crippen LogP contribution is 2.13. The van der Waals surface area contributed by atoms with E-state index in [0.29, 0.717) is 5.56 Å². The van der Waals surface area contributed by atoms with Gasteiger partial charge in [0.15, 0.2) is 5.78 Å². The van der Waals surface area contributed by atoms with E-state index in [1.54, 1.807) is 25.2 Å². The molecule has 2 N–H and O–H groups in total. The van der Waals surface area contributed by atoms with E-state index in [0.717, 1.165) is 49.4 Å². The number of allylic oxidation sites excluding steroid dienone is 1. The van der Waals surface area contributed by atoms with Gasteiger partial charge in [-0.2, -0.15) is 0 Å². The molecule has 0 aliphatic carbocycles. The summed E-state index contributed by atoms with van der Waals surface area (Å²) in [6.45, 7) is 5.63. The lowest BCUT2D eigenvalue weighted by Crippen LogP contribution is -2.47. The third-order valence-corrected chi connectivity index (χ3v) is 5.36. The van der Waals surface area contributed by atoms with E-state index in [2.05, 4.69) is 4.90 Å². The van der Waals surface area contributed by atoms with E-state index in [1.807, 2.05) is 53.4 Å². The van der Waals surface area contributed by atoms with Crippen LogP contribution in [0.3, 0.4) is 0 Å². The molecule has 7 heteroatoms. The maximum Gasteiger partial charge on any atom is 0.267 e. The molecular weight excluding hydrogens is 406 g/mol. The van der Waals surface area contributed by atoms with Gasteiger partial charge in [0.05, 0.1) is 0 Å². The zero-order valence-corrected chi connectivity index (χ0v) is 18.0. The third kappa shape index (κ3) is 6.73. The van der Waals surface area contributed by atoms with Crippen LogP contribution < -0.4 is 5.48 Å². The Hall–Kier alpha value is -3.55. The Morgan fingerprint density at radius 2 is 1.44 bits per heavy atom.